The molecule has 1 aliphatic rings. The lowest BCUT2D eigenvalue weighted by molar-refractivity contribution is -0.122. The zero-order valence-electron chi connectivity index (χ0n) is 9.77. The van der Waals surface area contributed by atoms with E-state index in [1.54, 1.807) is 19.1 Å². The van der Waals surface area contributed by atoms with Gasteiger partial charge in [0, 0.05) is 12.0 Å². The number of carbonyl (C=O) groups excluding carboxylic acids is 2. The fourth-order valence-electron chi connectivity index (χ4n) is 1.90. The number of hydrogen-bond donors (Lipinski definition) is 0. The first kappa shape index (κ1) is 11.5. The Hall–Kier alpha value is -1.97. The zero-order chi connectivity index (χ0) is 12.5. The maximum atomic E-state index is 12.3. The summed E-state index contributed by atoms with van der Waals surface area (Å²) in [7, 11) is 0. The molecule has 0 N–H and O–H groups in total. The van der Waals surface area contributed by atoms with Crippen molar-refractivity contribution in [3.05, 3.63) is 35.4 Å². The van der Waals surface area contributed by atoms with E-state index >= 15 is 0 Å². The lowest BCUT2D eigenvalue weighted by Gasteiger charge is -2.19. The van der Waals surface area contributed by atoms with Gasteiger partial charge >= 0.3 is 0 Å². The van der Waals surface area contributed by atoms with Crippen LogP contribution in [0.15, 0.2) is 29.4 Å². The lowest BCUT2D eigenvalue weighted by Crippen LogP contribution is -2.41. The van der Waals surface area contributed by atoms with Crippen LogP contribution in [0.1, 0.15) is 29.3 Å². The Labute approximate surface area is 99.3 Å². The standard InChI is InChI=1S/C13H13NO3/c1-9-5-3-4-6-11(9)12(16)13(8-15)7-10(2)14-17-13/h3-6,8H,7H2,1-2H3. The molecule has 0 saturated heterocycles. The van der Waals surface area contributed by atoms with Gasteiger partial charge in [-0.3, -0.25) is 9.59 Å². The molecule has 1 unspecified atom stereocenters. The zero-order valence-corrected chi connectivity index (χ0v) is 9.77. The number of hydrogen-bond acceptors (Lipinski definition) is 4. The number of oxime groups is 1. The molecule has 88 valence electrons. The van der Waals surface area contributed by atoms with Crippen LogP contribution in [-0.2, 0) is 9.63 Å². The minimum atomic E-state index is -1.46. The second-order valence-corrected chi connectivity index (χ2v) is 4.25. The minimum absolute atomic E-state index is 0.226. The van der Waals surface area contributed by atoms with E-state index in [1.165, 1.54) is 0 Å². The molecule has 4 nitrogen and oxygen atoms in total. The summed E-state index contributed by atoms with van der Waals surface area (Å²) in [6.07, 6.45) is 0.769. The van der Waals surface area contributed by atoms with E-state index in [9.17, 15) is 9.59 Å². The second kappa shape index (κ2) is 4.13. The van der Waals surface area contributed by atoms with Crippen LogP contribution in [0.25, 0.3) is 0 Å². The van der Waals surface area contributed by atoms with Crippen LogP contribution in [0.2, 0.25) is 0 Å². The smallest absolute Gasteiger partial charge is 0.259 e. The number of ketones is 1. The van der Waals surface area contributed by atoms with Crippen molar-refractivity contribution in [3.8, 4) is 0 Å². The van der Waals surface area contributed by atoms with Crippen LogP contribution >= 0.6 is 0 Å². The summed E-state index contributed by atoms with van der Waals surface area (Å²) in [4.78, 5) is 28.6. The van der Waals surface area contributed by atoms with E-state index < -0.39 is 5.60 Å². The summed E-state index contributed by atoms with van der Waals surface area (Å²) < 4.78 is 0. The normalized spacial score (nSPS) is 22.8. The maximum absolute atomic E-state index is 12.3. The van der Waals surface area contributed by atoms with E-state index in [4.69, 9.17) is 4.84 Å². The monoisotopic (exact) mass is 231 g/mol. The summed E-state index contributed by atoms with van der Waals surface area (Å²) in [5.41, 5.74) is 0.520. The van der Waals surface area contributed by atoms with Gasteiger partial charge < -0.3 is 4.84 Å². The predicted octanol–water partition coefficient (Wildman–Crippen LogP) is 1.91. The van der Waals surface area contributed by atoms with Gasteiger partial charge in [-0.25, -0.2) is 0 Å². The largest absolute Gasteiger partial charge is 0.373 e. The van der Waals surface area contributed by atoms with Gasteiger partial charge in [0.25, 0.3) is 5.60 Å². The van der Waals surface area contributed by atoms with Crippen molar-refractivity contribution < 1.29 is 14.4 Å². The highest BCUT2D eigenvalue weighted by molar-refractivity contribution is 6.15. The van der Waals surface area contributed by atoms with Crippen LogP contribution in [0.5, 0.6) is 0 Å². The van der Waals surface area contributed by atoms with Crippen molar-refractivity contribution in [3.63, 3.8) is 0 Å². The third kappa shape index (κ3) is 1.86. The van der Waals surface area contributed by atoms with Crippen molar-refractivity contribution in [1.29, 1.82) is 0 Å². The molecule has 1 atom stereocenters. The van der Waals surface area contributed by atoms with Gasteiger partial charge in [0.15, 0.2) is 6.29 Å². The van der Waals surface area contributed by atoms with Crippen LogP contribution in [-0.4, -0.2) is 23.4 Å². The molecule has 4 heteroatoms. The fraction of sp³-hybridized carbons (Fsp3) is 0.308. The Morgan fingerprint density at radius 1 is 1.41 bits per heavy atom. The van der Waals surface area contributed by atoms with E-state index in [2.05, 4.69) is 5.16 Å². The average Bonchev–Trinajstić information content (AvgIpc) is 2.72. The number of nitrogens with zero attached hydrogens (tertiary/aromatic N) is 1. The first-order chi connectivity index (χ1) is 8.09. The molecular formula is C13H13NO3. The van der Waals surface area contributed by atoms with Crippen LogP contribution in [0.3, 0.4) is 0 Å². The third-order valence-electron chi connectivity index (χ3n) is 2.85. The molecule has 0 spiro atoms. The van der Waals surface area contributed by atoms with E-state index in [1.807, 2.05) is 19.1 Å². The third-order valence-corrected chi connectivity index (χ3v) is 2.85. The SMILES string of the molecule is CC1=NOC(C=O)(C(=O)c2ccccc2C)C1. The molecule has 1 aromatic rings. The number of rotatable bonds is 3. The summed E-state index contributed by atoms with van der Waals surface area (Å²) in [6.45, 7) is 3.56. The molecule has 0 amide bonds. The highest BCUT2D eigenvalue weighted by atomic mass is 16.7. The van der Waals surface area contributed by atoms with Gasteiger partial charge in [-0.05, 0) is 19.4 Å². The molecular weight excluding hydrogens is 218 g/mol. The first-order valence-electron chi connectivity index (χ1n) is 5.37. The molecule has 0 saturated carbocycles. The second-order valence-electron chi connectivity index (χ2n) is 4.25. The highest BCUT2D eigenvalue weighted by Crippen LogP contribution is 2.27. The molecule has 0 aromatic heterocycles. The van der Waals surface area contributed by atoms with Gasteiger partial charge in [-0.1, -0.05) is 29.4 Å². The summed E-state index contributed by atoms with van der Waals surface area (Å²) >= 11 is 0. The van der Waals surface area contributed by atoms with Crippen molar-refractivity contribution in [2.45, 2.75) is 25.9 Å². The van der Waals surface area contributed by atoms with Gasteiger partial charge in [-0.2, -0.15) is 0 Å². The summed E-state index contributed by atoms with van der Waals surface area (Å²) in [5, 5.41) is 3.70. The number of benzene rings is 1. The van der Waals surface area contributed by atoms with Crippen LogP contribution < -0.4 is 0 Å². The van der Waals surface area contributed by atoms with Crippen molar-refractivity contribution in [1.82, 2.24) is 0 Å². The first-order valence-corrected chi connectivity index (χ1v) is 5.37. The molecule has 0 aliphatic carbocycles. The summed E-state index contributed by atoms with van der Waals surface area (Å²) in [6, 6.07) is 7.13. The molecule has 17 heavy (non-hydrogen) atoms. The summed E-state index contributed by atoms with van der Waals surface area (Å²) in [5.74, 6) is -0.328. The quantitative estimate of drug-likeness (QED) is 0.453. The van der Waals surface area contributed by atoms with Gasteiger partial charge in [0.2, 0.25) is 5.78 Å². The van der Waals surface area contributed by atoms with Gasteiger partial charge in [-0.15, -0.1) is 0 Å². The number of Topliss-reactive ketones (excluding diaryl/α,β-unsaturated/α-hetero) is 1. The van der Waals surface area contributed by atoms with Gasteiger partial charge in [0.05, 0.1) is 5.71 Å². The molecule has 1 heterocycles. The Balaban J connectivity index is 2.38. The lowest BCUT2D eigenvalue weighted by atomic mass is 9.88. The molecule has 0 fully saturated rings. The Morgan fingerprint density at radius 2 is 2.12 bits per heavy atom. The van der Waals surface area contributed by atoms with E-state index in [0.717, 1.165) is 5.56 Å². The van der Waals surface area contributed by atoms with E-state index in [-0.39, 0.29) is 12.2 Å². The van der Waals surface area contributed by atoms with Gasteiger partial charge in [0.1, 0.15) is 0 Å². The maximum Gasteiger partial charge on any atom is 0.259 e. The van der Waals surface area contributed by atoms with Crippen LogP contribution in [0.4, 0.5) is 0 Å². The topological polar surface area (TPSA) is 55.7 Å². The minimum Gasteiger partial charge on any atom is -0.373 e. The molecule has 2 rings (SSSR count). The highest BCUT2D eigenvalue weighted by Gasteiger charge is 2.46. The number of aldehydes is 1. The van der Waals surface area contributed by atoms with Crippen LogP contribution in [0, 0.1) is 6.92 Å². The van der Waals surface area contributed by atoms with Crippen molar-refractivity contribution in [2.24, 2.45) is 5.16 Å². The average molecular weight is 231 g/mol. The molecule has 1 aromatic carbocycles. The van der Waals surface area contributed by atoms with Crippen molar-refractivity contribution in [2.75, 3.05) is 0 Å². The fourth-order valence-corrected chi connectivity index (χ4v) is 1.90. The number of carbonyl (C=O) groups is 2. The molecule has 0 bridgehead atoms. The predicted molar refractivity (Wildman–Crippen MR) is 63.1 cm³/mol. The Morgan fingerprint density at radius 3 is 2.65 bits per heavy atom. The molecule has 1 aliphatic heterocycles. The van der Waals surface area contributed by atoms with Crippen molar-refractivity contribution >= 4 is 17.8 Å². The molecule has 0 radical (unpaired) electrons. The Bertz CT molecular complexity index is 507. The number of aryl methyl sites for hydroxylation is 1. The van der Waals surface area contributed by atoms with E-state index in [0.29, 0.717) is 17.6 Å². The Kier molecular flexibility index (Phi) is 2.79.